The van der Waals surface area contributed by atoms with E-state index in [1.54, 1.807) is 34.3 Å². The summed E-state index contributed by atoms with van der Waals surface area (Å²) in [5.41, 5.74) is -0.346. The molecule has 11 nitrogen and oxygen atoms in total. The van der Waals surface area contributed by atoms with E-state index in [1.807, 2.05) is 55.9 Å². The van der Waals surface area contributed by atoms with Crippen molar-refractivity contribution in [1.82, 2.24) is 4.90 Å². The molecule has 1 amide bonds. The molecule has 13 heteroatoms. The normalized spacial score (nSPS) is 40.8. The third-order valence-corrected chi connectivity index (χ3v) is 15.2. The number of methoxy groups -OCH3 is 3. The van der Waals surface area contributed by atoms with Gasteiger partial charge in [-0.15, -0.1) is 6.58 Å². The number of ketones is 2. The lowest BCUT2D eigenvalue weighted by Gasteiger charge is -2.49. The lowest BCUT2D eigenvalue weighted by Crippen LogP contribution is -2.64. The molecule has 2 saturated heterocycles. The van der Waals surface area contributed by atoms with Crippen molar-refractivity contribution in [1.29, 1.82) is 0 Å². The Morgan fingerprint density at radius 2 is 1.65 bits per heavy atom. The molecular weight excluding hydrogens is 956 g/mol. The minimum atomic E-state index is -1.41. The van der Waals surface area contributed by atoms with Crippen LogP contribution in [0, 0.1) is 29.6 Å². The number of amides is 1. The highest BCUT2D eigenvalue weighted by Crippen LogP contribution is 2.45. The Kier molecular flexibility index (Phi) is 18.7. The summed E-state index contributed by atoms with van der Waals surface area (Å²) in [5.74, 6) is -2.85. The summed E-state index contributed by atoms with van der Waals surface area (Å²) in [6.45, 7) is 13.9. The Morgan fingerprint density at radius 3 is 2.30 bits per heavy atom. The first kappa shape index (κ1) is 48.4. The first-order valence-electron chi connectivity index (χ1n) is 20.8. The maximum absolute atomic E-state index is 14.6. The highest BCUT2D eigenvalue weighted by Gasteiger charge is 2.56. The van der Waals surface area contributed by atoms with Crippen molar-refractivity contribution in [3.8, 4) is 0 Å². The van der Waals surface area contributed by atoms with Crippen LogP contribution in [0.4, 0.5) is 0 Å². The Balaban J connectivity index is 1.80. The second kappa shape index (κ2) is 22.0. The first-order chi connectivity index (χ1) is 27.1. The van der Waals surface area contributed by atoms with Crippen molar-refractivity contribution >= 4 is 69.0 Å². The molecule has 4 rings (SSSR count). The van der Waals surface area contributed by atoms with Gasteiger partial charge in [0, 0.05) is 46.1 Å². The number of ether oxygens (including phenoxy) is 5. The molecule has 0 aromatic rings. The smallest absolute Gasteiger partial charge is 0.332 e. The van der Waals surface area contributed by atoms with Gasteiger partial charge in [0.15, 0.2) is 3.61 Å². The van der Waals surface area contributed by atoms with E-state index in [1.165, 1.54) is 4.90 Å². The van der Waals surface area contributed by atoms with Gasteiger partial charge in [0.05, 0.1) is 24.4 Å². The van der Waals surface area contributed by atoms with Gasteiger partial charge >= 0.3 is 5.97 Å². The van der Waals surface area contributed by atoms with Gasteiger partial charge in [0.25, 0.3) is 5.91 Å². The van der Waals surface area contributed by atoms with Crippen LogP contribution < -0.4 is 0 Å². The van der Waals surface area contributed by atoms with E-state index >= 15 is 0 Å². The van der Waals surface area contributed by atoms with Crippen molar-refractivity contribution < 1.29 is 45.9 Å². The highest BCUT2D eigenvalue weighted by molar-refractivity contribution is 14.1. The fraction of sp³-hybridized carbons (Fsp3) is 0.773. The van der Waals surface area contributed by atoms with Gasteiger partial charge in [0.2, 0.25) is 5.78 Å². The molecule has 1 unspecified atom stereocenters. The zero-order valence-electron chi connectivity index (χ0n) is 35.3. The Bertz CT molecular complexity index is 1470. The highest BCUT2D eigenvalue weighted by atomic mass is 127. The zero-order valence-corrected chi connectivity index (χ0v) is 39.7. The van der Waals surface area contributed by atoms with Gasteiger partial charge in [-0.05, 0) is 124 Å². The molecule has 0 aromatic heterocycles. The SMILES string of the molecule is C=CC[C@@H]1/C=C(\C)C[C@H](C)C[C@H](OC)[C@@]2(I)OC(C(=O)C(=O)N3CCCC[C@@]3(C)C(=O)O[C@H](/C=C/[C@@H]3CCC[C@H](OC)C3)[C@H](C)[C@@H](OI)CC1=O)[C@H](C)C[C@@H]2OC. The maximum atomic E-state index is 14.6. The van der Waals surface area contributed by atoms with Crippen LogP contribution in [0.3, 0.4) is 0 Å². The summed E-state index contributed by atoms with van der Waals surface area (Å²) in [4.78, 5) is 59.1. The number of Topliss-reactive ketones (excluding diaryl/α,β-unsaturated/α-hetero) is 2. The Labute approximate surface area is 369 Å². The van der Waals surface area contributed by atoms with Gasteiger partial charge in [-0.3, -0.25) is 14.4 Å². The predicted octanol–water partition coefficient (Wildman–Crippen LogP) is 8.49. The summed E-state index contributed by atoms with van der Waals surface area (Å²) in [6, 6.07) is 0. The van der Waals surface area contributed by atoms with Crippen LogP contribution in [0.25, 0.3) is 0 Å². The number of alkyl halides is 1. The van der Waals surface area contributed by atoms with Gasteiger partial charge in [-0.25, -0.2) is 4.79 Å². The van der Waals surface area contributed by atoms with E-state index in [2.05, 4.69) is 42.2 Å². The maximum Gasteiger partial charge on any atom is 0.332 e. The van der Waals surface area contributed by atoms with E-state index in [0.717, 1.165) is 31.3 Å². The van der Waals surface area contributed by atoms with Crippen molar-refractivity contribution in [2.75, 3.05) is 27.9 Å². The summed E-state index contributed by atoms with van der Waals surface area (Å²) in [7, 11) is 4.99. The number of carbonyl (C=O) groups is 4. The van der Waals surface area contributed by atoms with Crippen LogP contribution >= 0.6 is 45.6 Å². The van der Waals surface area contributed by atoms with Crippen molar-refractivity contribution in [3.05, 3.63) is 36.5 Å². The number of esters is 1. The van der Waals surface area contributed by atoms with Crippen LogP contribution in [0.1, 0.15) is 112 Å². The standard InChI is InChI=1S/C44H67I2NO10/c1-10-14-32-22-27(2)21-28(3)23-37(53-8)44(45)38(54-9)24-29(4)40(56-44)39(49)41(50)47-20-12-11-19-43(47,6)42(51)55-35(30(5)36(57-46)26-34(32)48)18-17-31-15-13-16-33(25-31)52-7/h10,17-18,22,28-33,35-38,40H,1,11-16,19-21,23-26H2,2-9H3/b18-17+,27-22+/t28-,29+,30-,31-,32+,33-,35+,36-,37-,38-,40?,43-,44+/m0/s1. The number of piperidine rings is 1. The average molecular weight is 1020 g/mol. The van der Waals surface area contributed by atoms with Crippen molar-refractivity contribution in [2.24, 2.45) is 29.6 Å². The summed E-state index contributed by atoms with van der Waals surface area (Å²) >= 11 is 4.06. The molecule has 4 aliphatic rings. The zero-order chi connectivity index (χ0) is 42.1. The molecule has 3 aliphatic heterocycles. The van der Waals surface area contributed by atoms with Gasteiger partial charge in [0.1, 0.15) is 46.5 Å². The van der Waals surface area contributed by atoms with E-state index in [9.17, 15) is 19.2 Å². The van der Waals surface area contributed by atoms with Crippen LogP contribution in [-0.4, -0.2) is 102 Å². The topological polar surface area (TPSA) is 127 Å². The number of hydrogen-bond acceptors (Lipinski definition) is 10. The molecule has 322 valence electrons. The number of allylic oxidation sites excluding steroid dienone is 4. The quantitative estimate of drug-likeness (QED) is 0.0769. The second-order valence-electron chi connectivity index (χ2n) is 17.3. The summed E-state index contributed by atoms with van der Waals surface area (Å²) in [6.07, 6.45) is 12.6. The summed E-state index contributed by atoms with van der Waals surface area (Å²) < 4.78 is 35.9. The van der Waals surface area contributed by atoms with Gasteiger partial charge in [-0.2, -0.15) is 0 Å². The van der Waals surface area contributed by atoms with Crippen LogP contribution in [0.2, 0.25) is 0 Å². The van der Waals surface area contributed by atoms with Crippen LogP contribution in [-0.2, 0) is 45.9 Å². The lowest BCUT2D eigenvalue weighted by molar-refractivity contribution is -0.207. The Hall–Kier alpha value is -1.24. The molecule has 57 heavy (non-hydrogen) atoms. The van der Waals surface area contributed by atoms with Gasteiger partial charge in [-0.1, -0.05) is 51.0 Å². The van der Waals surface area contributed by atoms with Crippen LogP contribution in [0.15, 0.2) is 36.5 Å². The van der Waals surface area contributed by atoms with E-state index < -0.39 is 69.2 Å². The number of cyclic esters (lactones) is 1. The van der Waals surface area contributed by atoms with Gasteiger partial charge < -0.3 is 31.7 Å². The third-order valence-electron chi connectivity index (χ3n) is 12.9. The largest absolute Gasteiger partial charge is 0.456 e. The summed E-state index contributed by atoms with van der Waals surface area (Å²) in [5, 5.41) is 0. The number of halogens is 2. The molecular formula is C44H67I2NO10. The molecule has 13 atom stereocenters. The molecule has 2 bridgehead atoms. The minimum Gasteiger partial charge on any atom is -0.456 e. The Morgan fingerprint density at radius 1 is 0.947 bits per heavy atom. The van der Waals surface area contributed by atoms with E-state index in [4.69, 9.17) is 26.8 Å². The molecule has 0 N–H and O–H groups in total. The monoisotopic (exact) mass is 1020 g/mol. The van der Waals surface area contributed by atoms with Crippen molar-refractivity contribution in [3.63, 3.8) is 0 Å². The van der Waals surface area contributed by atoms with E-state index in [0.29, 0.717) is 44.9 Å². The second-order valence-corrected chi connectivity index (χ2v) is 19.5. The first-order valence-corrected chi connectivity index (χ1v) is 22.8. The fourth-order valence-corrected chi connectivity index (χ4v) is 11.3. The van der Waals surface area contributed by atoms with Crippen molar-refractivity contribution in [2.45, 2.75) is 157 Å². The molecule has 0 aromatic carbocycles. The number of carbonyl (C=O) groups excluding carboxylic acids is 4. The average Bonchev–Trinajstić information content (AvgIpc) is 3.19. The number of nitrogens with zero attached hydrogens (tertiary/aromatic N) is 1. The molecule has 3 heterocycles. The third kappa shape index (κ3) is 11.8. The molecule has 0 radical (unpaired) electrons. The molecule has 0 spiro atoms. The molecule has 1 saturated carbocycles. The molecule has 1 aliphatic carbocycles. The number of hydrogen-bond donors (Lipinski definition) is 0. The van der Waals surface area contributed by atoms with Crippen LogP contribution in [0.5, 0.6) is 0 Å². The molecule has 3 fully saturated rings. The lowest BCUT2D eigenvalue weighted by atomic mass is 9.83. The number of fused-ring (bicyclic) bond motifs is 3. The number of rotatable bonds is 8. The fourth-order valence-electron chi connectivity index (χ4n) is 9.34. The van der Waals surface area contributed by atoms with E-state index in [-0.39, 0.29) is 42.6 Å². The minimum absolute atomic E-state index is 0.0137. The predicted molar refractivity (Wildman–Crippen MR) is 236 cm³/mol.